The molecule has 3 N–H and O–H groups in total. The van der Waals surface area contributed by atoms with Gasteiger partial charge in [-0.1, -0.05) is 76.1 Å². The summed E-state index contributed by atoms with van der Waals surface area (Å²) in [7, 11) is 0. The smallest absolute Gasteiger partial charge is 0.303 e. The molecule has 4 aromatic rings. The van der Waals surface area contributed by atoms with Crippen molar-refractivity contribution in [3.05, 3.63) is 105 Å². The Kier molecular flexibility index (Phi) is 9.37. The zero-order valence-corrected chi connectivity index (χ0v) is 23.3. The predicted octanol–water partition coefficient (Wildman–Crippen LogP) is 6.99. The number of anilines is 1. The summed E-state index contributed by atoms with van der Waals surface area (Å²) < 4.78 is 0.848. The van der Waals surface area contributed by atoms with Crippen LogP contribution < -0.4 is 10.6 Å². The van der Waals surface area contributed by atoms with E-state index in [0.29, 0.717) is 34.9 Å². The van der Waals surface area contributed by atoms with Crippen molar-refractivity contribution in [2.24, 2.45) is 0 Å². The Labute approximate surface area is 235 Å². The monoisotopic (exact) mass is 593 g/mol. The van der Waals surface area contributed by atoms with Crippen molar-refractivity contribution >= 4 is 56.1 Å². The van der Waals surface area contributed by atoms with Crippen LogP contribution in [0.2, 0.25) is 5.02 Å². The second kappa shape index (κ2) is 12.9. The van der Waals surface area contributed by atoms with Crippen LogP contribution in [0.3, 0.4) is 0 Å². The second-order valence-electron chi connectivity index (χ2n) is 9.15. The van der Waals surface area contributed by atoms with Crippen LogP contribution in [0.5, 0.6) is 0 Å². The maximum absolute atomic E-state index is 13.7. The van der Waals surface area contributed by atoms with E-state index >= 15 is 0 Å². The molecule has 0 aliphatic rings. The first-order valence-electron chi connectivity index (χ1n) is 12.5. The number of carboxylic acid groups (broad SMARTS) is 1. The van der Waals surface area contributed by atoms with Gasteiger partial charge in [-0.2, -0.15) is 0 Å². The predicted molar refractivity (Wildman–Crippen MR) is 156 cm³/mol. The molecule has 0 aliphatic heterocycles. The molecule has 1 aromatic heterocycles. The molecule has 0 saturated heterocycles. The summed E-state index contributed by atoms with van der Waals surface area (Å²) in [4.78, 5) is 29.7. The van der Waals surface area contributed by atoms with Crippen LogP contribution in [0.4, 0.5) is 5.82 Å². The summed E-state index contributed by atoms with van der Waals surface area (Å²) in [5.74, 6) is -0.714. The van der Waals surface area contributed by atoms with Gasteiger partial charge in [0.1, 0.15) is 5.82 Å². The summed E-state index contributed by atoms with van der Waals surface area (Å²) in [5, 5.41) is 17.0. The summed E-state index contributed by atoms with van der Waals surface area (Å²) in [6, 6.07) is 23.2. The van der Waals surface area contributed by atoms with Crippen LogP contribution in [0.1, 0.15) is 45.8 Å². The number of carbonyl (C=O) groups excluding carboxylic acids is 1. The lowest BCUT2D eigenvalue weighted by Crippen LogP contribution is -2.30. The number of nitrogens with one attached hydrogen (secondary N) is 2. The second-order valence-corrected chi connectivity index (χ2v) is 10.5. The molecule has 1 unspecified atom stereocenters. The molecular weight excluding hydrogens is 566 g/mol. The van der Waals surface area contributed by atoms with Gasteiger partial charge >= 0.3 is 5.97 Å². The van der Waals surface area contributed by atoms with Crippen molar-refractivity contribution in [1.29, 1.82) is 0 Å². The van der Waals surface area contributed by atoms with Gasteiger partial charge in [-0.15, -0.1) is 0 Å². The lowest BCUT2D eigenvalue weighted by Gasteiger charge is -2.20. The molecule has 0 aliphatic carbocycles. The van der Waals surface area contributed by atoms with Crippen molar-refractivity contribution in [2.45, 2.75) is 32.1 Å². The average molecular weight is 595 g/mol. The average Bonchev–Trinajstić information content (AvgIpc) is 2.90. The van der Waals surface area contributed by atoms with Crippen LogP contribution >= 0.6 is 27.5 Å². The number of hydrogen-bond donors (Lipinski definition) is 3. The normalized spacial score (nSPS) is 11.8. The topological polar surface area (TPSA) is 91.3 Å². The van der Waals surface area contributed by atoms with E-state index in [1.165, 1.54) is 5.56 Å². The number of pyridine rings is 1. The van der Waals surface area contributed by atoms with Crippen molar-refractivity contribution < 1.29 is 14.7 Å². The number of aromatic nitrogens is 1. The number of halogens is 2. The Bertz CT molecular complexity index is 1450. The molecule has 0 bridgehead atoms. The highest BCUT2D eigenvalue weighted by Crippen LogP contribution is 2.30. The van der Waals surface area contributed by atoms with Crippen molar-refractivity contribution in [3.8, 4) is 0 Å². The van der Waals surface area contributed by atoms with Gasteiger partial charge in [0.2, 0.25) is 0 Å². The Balaban J connectivity index is 1.59. The maximum atomic E-state index is 13.7. The minimum atomic E-state index is -0.888. The highest BCUT2D eigenvalue weighted by Gasteiger charge is 2.21. The van der Waals surface area contributed by atoms with E-state index in [2.05, 4.69) is 38.7 Å². The van der Waals surface area contributed by atoms with E-state index in [9.17, 15) is 14.7 Å². The molecule has 6 nitrogen and oxygen atoms in total. The summed E-state index contributed by atoms with van der Waals surface area (Å²) in [5.41, 5.74) is 4.03. The Morgan fingerprint density at radius 2 is 1.79 bits per heavy atom. The van der Waals surface area contributed by atoms with Gasteiger partial charge in [0.05, 0.1) is 11.1 Å². The number of hydrogen-bond acceptors (Lipinski definition) is 4. The van der Waals surface area contributed by atoms with Gasteiger partial charge in [0, 0.05) is 45.9 Å². The number of benzene rings is 3. The third kappa shape index (κ3) is 6.91. The van der Waals surface area contributed by atoms with Crippen LogP contribution in [0.15, 0.2) is 77.3 Å². The quantitative estimate of drug-likeness (QED) is 0.174. The van der Waals surface area contributed by atoms with Crippen LogP contribution in [-0.4, -0.2) is 35.1 Å². The number of carboxylic acids is 1. The first-order chi connectivity index (χ1) is 18.3. The molecule has 4 rings (SSSR count). The van der Waals surface area contributed by atoms with Crippen molar-refractivity contribution in [3.63, 3.8) is 0 Å². The van der Waals surface area contributed by atoms with E-state index in [1.807, 2.05) is 61.5 Å². The van der Waals surface area contributed by atoms with E-state index in [0.717, 1.165) is 27.4 Å². The minimum Gasteiger partial charge on any atom is -0.481 e. The molecule has 0 spiro atoms. The number of fused-ring (bicyclic) bond motifs is 1. The van der Waals surface area contributed by atoms with E-state index in [1.54, 1.807) is 6.07 Å². The van der Waals surface area contributed by atoms with E-state index in [4.69, 9.17) is 16.6 Å². The number of nitrogens with zero attached hydrogens (tertiary/aromatic N) is 1. The highest BCUT2D eigenvalue weighted by molar-refractivity contribution is 9.10. The SMILES string of the molecule is Cc1c(NCCc2ccccc2)nc2ccc(Br)cc2c1C(=O)NCC(CCC(=O)O)c1ccccc1Cl. The molecule has 1 amide bonds. The fourth-order valence-corrected chi connectivity index (χ4v) is 5.19. The molecule has 38 heavy (non-hydrogen) atoms. The lowest BCUT2D eigenvalue weighted by molar-refractivity contribution is -0.137. The molecule has 1 heterocycles. The van der Waals surface area contributed by atoms with Gasteiger partial charge in [0.15, 0.2) is 0 Å². The van der Waals surface area contributed by atoms with Crippen LogP contribution in [0, 0.1) is 6.92 Å². The highest BCUT2D eigenvalue weighted by atomic mass is 79.9. The molecule has 3 aromatic carbocycles. The largest absolute Gasteiger partial charge is 0.481 e. The fourth-order valence-electron chi connectivity index (χ4n) is 4.54. The molecule has 0 radical (unpaired) electrons. The van der Waals surface area contributed by atoms with Crippen LogP contribution in [0.25, 0.3) is 10.9 Å². The molecule has 1 atom stereocenters. The lowest BCUT2D eigenvalue weighted by atomic mass is 9.93. The number of carbonyl (C=O) groups is 2. The van der Waals surface area contributed by atoms with E-state index < -0.39 is 5.97 Å². The third-order valence-electron chi connectivity index (χ3n) is 6.53. The fraction of sp³-hybridized carbons (Fsp3) is 0.233. The molecule has 196 valence electrons. The molecule has 0 fully saturated rings. The van der Waals surface area contributed by atoms with Crippen molar-refractivity contribution in [2.75, 3.05) is 18.4 Å². The summed E-state index contributed by atoms with van der Waals surface area (Å²) >= 11 is 9.94. The van der Waals surface area contributed by atoms with Gasteiger partial charge < -0.3 is 15.7 Å². The minimum absolute atomic E-state index is 0.0224. The molecule has 0 saturated carbocycles. The maximum Gasteiger partial charge on any atom is 0.303 e. The number of aliphatic carboxylic acids is 1. The molecule has 8 heteroatoms. The summed E-state index contributed by atoms with van der Waals surface area (Å²) in [6.07, 6.45) is 1.16. The van der Waals surface area contributed by atoms with Crippen molar-refractivity contribution in [1.82, 2.24) is 10.3 Å². The standard InChI is InChI=1S/C30H29BrClN3O3/c1-19-28(30(38)34-18-21(11-14-27(36)37)23-9-5-6-10-25(23)32)24-17-22(31)12-13-26(24)35-29(19)33-16-15-20-7-3-2-4-8-20/h2-10,12-13,17,21H,11,14-16,18H2,1H3,(H,33,35)(H,34,38)(H,36,37). The molecular formula is C30H29BrClN3O3. The van der Waals surface area contributed by atoms with Gasteiger partial charge in [-0.25, -0.2) is 4.98 Å². The zero-order chi connectivity index (χ0) is 27.1. The first-order valence-corrected chi connectivity index (χ1v) is 13.6. The Morgan fingerprint density at radius 1 is 1.05 bits per heavy atom. The summed E-state index contributed by atoms with van der Waals surface area (Å²) in [6.45, 7) is 2.82. The van der Waals surface area contributed by atoms with Crippen LogP contribution in [-0.2, 0) is 11.2 Å². The Morgan fingerprint density at radius 3 is 2.53 bits per heavy atom. The first kappa shape index (κ1) is 27.6. The van der Waals surface area contributed by atoms with E-state index in [-0.39, 0.29) is 24.8 Å². The number of rotatable bonds is 11. The van der Waals surface area contributed by atoms with Gasteiger partial charge in [-0.05, 0) is 55.2 Å². The van der Waals surface area contributed by atoms with Gasteiger partial charge in [0.25, 0.3) is 5.91 Å². The third-order valence-corrected chi connectivity index (χ3v) is 7.36. The van der Waals surface area contributed by atoms with Gasteiger partial charge in [-0.3, -0.25) is 9.59 Å². The number of amides is 1. The zero-order valence-electron chi connectivity index (χ0n) is 21.0. The Hall–Kier alpha value is -3.42.